The first-order valence-electron chi connectivity index (χ1n) is 15.0. The number of amides is 1. The van der Waals surface area contributed by atoms with Crippen LogP contribution in [0.25, 0.3) is 5.76 Å². The standard InChI is InChI=1S/C34H33N3O7S2/c1-4-14-42-24-12-10-22(17-26(24)41-5-2)29-28(30(38)23-11-13-25-27(18-23)44-16-15-43-25)31(39)32(40)37(29)33-35-36-34(46-33)45-19-21-8-6-20(3)7-9-21/h6-13,17-18,29,38H,4-5,14-16,19H2,1-3H3. The van der Waals surface area contributed by atoms with E-state index in [4.69, 9.17) is 18.9 Å². The number of aromatic nitrogens is 2. The highest BCUT2D eigenvalue weighted by Gasteiger charge is 2.48. The fourth-order valence-electron chi connectivity index (χ4n) is 5.17. The first-order valence-corrected chi connectivity index (χ1v) is 16.8. The summed E-state index contributed by atoms with van der Waals surface area (Å²) in [6.45, 7) is 7.55. The van der Waals surface area contributed by atoms with Gasteiger partial charge in [-0.15, -0.1) is 10.2 Å². The van der Waals surface area contributed by atoms with Gasteiger partial charge in [-0.25, -0.2) is 0 Å². The second kappa shape index (κ2) is 13.8. The summed E-state index contributed by atoms with van der Waals surface area (Å²) in [5.41, 5.74) is 3.06. The number of hydrogen-bond donors (Lipinski definition) is 1. The van der Waals surface area contributed by atoms with Gasteiger partial charge in [-0.1, -0.05) is 65.9 Å². The van der Waals surface area contributed by atoms with Crippen molar-refractivity contribution in [2.75, 3.05) is 31.3 Å². The molecule has 1 N–H and O–H groups in total. The fourth-order valence-corrected chi connectivity index (χ4v) is 7.00. The number of aliphatic hydroxyl groups is 1. The molecule has 3 heterocycles. The molecule has 0 saturated carbocycles. The maximum absolute atomic E-state index is 13.8. The van der Waals surface area contributed by atoms with Crippen LogP contribution in [0.15, 0.2) is 70.6 Å². The van der Waals surface area contributed by atoms with Gasteiger partial charge >= 0.3 is 5.91 Å². The van der Waals surface area contributed by atoms with Crippen molar-refractivity contribution >= 4 is 45.7 Å². The maximum Gasteiger partial charge on any atom is 0.301 e. The second-order valence-electron chi connectivity index (χ2n) is 10.6. The number of hydrogen-bond acceptors (Lipinski definition) is 11. The molecule has 6 rings (SSSR count). The van der Waals surface area contributed by atoms with E-state index >= 15 is 0 Å². The Hall–Kier alpha value is -4.55. The number of ketones is 1. The number of carbonyl (C=O) groups excluding carboxylic acids is 2. The average Bonchev–Trinajstić information content (AvgIpc) is 3.65. The Labute approximate surface area is 275 Å². The summed E-state index contributed by atoms with van der Waals surface area (Å²) in [5.74, 6) is 0.644. The summed E-state index contributed by atoms with van der Waals surface area (Å²) in [5, 5.41) is 20.6. The molecular weight excluding hydrogens is 627 g/mol. The van der Waals surface area contributed by atoms with Gasteiger partial charge in [-0.05, 0) is 61.7 Å². The maximum atomic E-state index is 13.8. The lowest BCUT2D eigenvalue weighted by Crippen LogP contribution is -2.29. The fraction of sp³-hybridized carbons (Fsp3) is 0.294. The van der Waals surface area contributed by atoms with Crippen LogP contribution in [0.4, 0.5) is 5.13 Å². The second-order valence-corrected chi connectivity index (χ2v) is 12.8. The Morgan fingerprint density at radius 3 is 2.52 bits per heavy atom. The van der Waals surface area contributed by atoms with Crippen molar-refractivity contribution in [1.82, 2.24) is 10.2 Å². The SMILES string of the molecule is CCCOc1ccc(C2C(=C(O)c3ccc4c(c3)OCCO4)C(=O)C(=O)N2c2nnc(SCc3ccc(C)cc3)s2)cc1OCC. The highest BCUT2D eigenvalue weighted by Crippen LogP contribution is 2.46. The molecule has 1 amide bonds. The molecule has 0 radical (unpaired) electrons. The van der Waals surface area contributed by atoms with Crippen LogP contribution in [0.2, 0.25) is 0 Å². The summed E-state index contributed by atoms with van der Waals surface area (Å²) in [7, 11) is 0. The van der Waals surface area contributed by atoms with Gasteiger partial charge in [0.25, 0.3) is 5.78 Å². The molecule has 1 saturated heterocycles. The molecule has 2 aliphatic heterocycles. The van der Waals surface area contributed by atoms with E-state index in [1.807, 2.05) is 20.8 Å². The van der Waals surface area contributed by atoms with Gasteiger partial charge in [0.15, 0.2) is 27.3 Å². The molecule has 1 fully saturated rings. The number of rotatable bonds is 11. The van der Waals surface area contributed by atoms with Crippen molar-refractivity contribution < 1.29 is 33.6 Å². The quantitative estimate of drug-likeness (QED) is 0.0611. The van der Waals surface area contributed by atoms with Crippen LogP contribution in [0.3, 0.4) is 0 Å². The van der Waals surface area contributed by atoms with Crippen molar-refractivity contribution in [1.29, 1.82) is 0 Å². The molecule has 3 aromatic carbocycles. The molecule has 12 heteroatoms. The van der Waals surface area contributed by atoms with E-state index in [1.54, 1.807) is 36.4 Å². The van der Waals surface area contributed by atoms with E-state index in [-0.39, 0.29) is 16.5 Å². The predicted octanol–water partition coefficient (Wildman–Crippen LogP) is 6.72. The third-order valence-corrected chi connectivity index (χ3v) is 9.52. The van der Waals surface area contributed by atoms with E-state index in [0.29, 0.717) is 70.6 Å². The molecule has 238 valence electrons. The third-order valence-electron chi connectivity index (χ3n) is 7.39. The topological polar surface area (TPSA) is 120 Å². The van der Waals surface area contributed by atoms with Crippen molar-refractivity contribution in [3.05, 3.63) is 88.5 Å². The molecule has 1 unspecified atom stereocenters. The monoisotopic (exact) mass is 659 g/mol. The number of aryl methyl sites for hydroxylation is 1. The van der Waals surface area contributed by atoms with E-state index in [9.17, 15) is 14.7 Å². The zero-order valence-electron chi connectivity index (χ0n) is 25.6. The Morgan fingerprint density at radius 2 is 1.76 bits per heavy atom. The van der Waals surface area contributed by atoms with Crippen LogP contribution in [0.5, 0.6) is 23.0 Å². The van der Waals surface area contributed by atoms with Gasteiger partial charge in [0.2, 0.25) is 5.13 Å². The molecular formula is C34H33N3O7S2. The summed E-state index contributed by atoms with van der Waals surface area (Å²) >= 11 is 2.70. The normalized spacial score (nSPS) is 16.9. The number of thioether (sulfide) groups is 1. The summed E-state index contributed by atoms with van der Waals surface area (Å²) < 4.78 is 23.8. The Bertz CT molecular complexity index is 1790. The van der Waals surface area contributed by atoms with Crippen molar-refractivity contribution in [3.8, 4) is 23.0 Å². The minimum Gasteiger partial charge on any atom is -0.507 e. The molecule has 0 spiro atoms. The van der Waals surface area contributed by atoms with Crippen LogP contribution in [0, 0.1) is 6.92 Å². The number of carbonyl (C=O) groups is 2. The zero-order chi connectivity index (χ0) is 32.2. The zero-order valence-corrected chi connectivity index (χ0v) is 27.3. The molecule has 0 bridgehead atoms. The molecule has 46 heavy (non-hydrogen) atoms. The summed E-state index contributed by atoms with van der Waals surface area (Å²) in [6, 6.07) is 17.4. The highest BCUT2D eigenvalue weighted by atomic mass is 32.2. The number of fused-ring (bicyclic) bond motifs is 1. The van der Waals surface area contributed by atoms with Crippen molar-refractivity contribution in [3.63, 3.8) is 0 Å². The number of nitrogens with zero attached hydrogens (tertiary/aromatic N) is 3. The first kappa shape index (κ1) is 31.4. The Balaban J connectivity index is 1.42. The molecule has 2 aliphatic rings. The minimum absolute atomic E-state index is 0.0876. The number of anilines is 1. The lowest BCUT2D eigenvalue weighted by atomic mass is 9.95. The van der Waals surface area contributed by atoms with E-state index in [2.05, 4.69) is 34.5 Å². The third kappa shape index (κ3) is 6.40. The Kier molecular flexibility index (Phi) is 9.46. The van der Waals surface area contributed by atoms with E-state index in [1.165, 1.54) is 33.6 Å². The molecule has 1 aromatic heterocycles. The van der Waals surface area contributed by atoms with Crippen LogP contribution < -0.4 is 23.8 Å². The minimum atomic E-state index is -1.02. The van der Waals surface area contributed by atoms with Crippen LogP contribution in [-0.4, -0.2) is 53.4 Å². The number of ether oxygens (including phenoxy) is 4. The highest BCUT2D eigenvalue weighted by molar-refractivity contribution is 8.00. The van der Waals surface area contributed by atoms with E-state index < -0.39 is 17.7 Å². The molecule has 1 atom stereocenters. The molecule has 0 aliphatic carbocycles. The van der Waals surface area contributed by atoms with E-state index in [0.717, 1.165) is 12.0 Å². The van der Waals surface area contributed by atoms with Gasteiger partial charge in [-0.3, -0.25) is 14.5 Å². The largest absolute Gasteiger partial charge is 0.507 e. The average molecular weight is 660 g/mol. The van der Waals surface area contributed by atoms with Gasteiger partial charge in [0.1, 0.15) is 19.0 Å². The summed E-state index contributed by atoms with van der Waals surface area (Å²) in [4.78, 5) is 28.8. The van der Waals surface area contributed by atoms with Gasteiger partial charge in [-0.2, -0.15) is 0 Å². The van der Waals surface area contributed by atoms with Crippen LogP contribution >= 0.6 is 23.1 Å². The molecule has 4 aromatic rings. The van der Waals surface area contributed by atoms with Crippen molar-refractivity contribution in [2.24, 2.45) is 0 Å². The first-order chi connectivity index (χ1) is 22.4. The lowest BCUT2D eigenvalue weighted by molar-refractivity contribution is -0.132. The number of aliphatic hydroxyl groups excluding tert-OH is 1. The Morgan fingerprint density at radius 1 is 0.978 bits per heavy atom. The van der Waals surface area contributed by atoms with Gasteiger partial charge < -0.3 is 24.1 Å². The van der Waals surface area contributed by atoms with Crippen molar-refractivity contribution in [2.45, 2.75) is 43.3 Å². The van der Waals surface area contributed by atoms with Gasteiger partial charge in [0.05, 0.1) is 24.8 Å². The summed E-state index contributed by atoms with van der Waals surface area (Å²) in [6.07, 6.45) is 0.810. The number of Topliss-reactive ketones (excluding diaryl/α,β-unsaturated/α-hetero) is 1. The lowest BCUT2D eigenvalue weighted by Gasteiger charge is -2.24. The smallest absolute Gasteiger partial charge is 0.301 e. The predicted molar refractivity (Wildman–Crippen MR) is 176 cm³/mol. The number of benzene rings is 3. The van der Waals surface area contributed by atoms with Crippen LogP contribution in [0.1, 0.15) is 48.6 Å². The van der Waals surface area contributed by atoms with Crippen LogP contribution in [-0.2, 0) is 15.3 Å². The molecule has 10 nitrogen and oxygen atoms in total. The van der Waals surface area contributed by atoms with Gasteiger partial charge in [0, 0.05) is 11.3 Å².